The van der Waals surface area contributed by atoms with Crippen LogP contribution in [-0.4, -0.2) is 18.6 Å². The van der Waals surface area contributed by atoms with Crippen LogP contribution in [0.5, 0.6) is 11.5 Å². The Morgan fingerprint density at radius 1 is 1.40 bits per heavy atom. The summed E-state index contributed by atoms with van der Waals surface area (Å²) in [5, 5.41) is 11.1. The average Bonchev–Trinajstić information content (AvgIpc) is 2.44. The number of hydrogen-bond donors (Lipinski definition) is 0. The lowest BCUT2D eigenvalue weighted by Crippen LogP contribution is -2.05. The summed E-state index contributed by atoms with van der Waals surface area (Å²) in [5.74, 6) is 0.974. The number of nitrogens with zero attached hydrogens (tertiary/aromatic N) is 1. The summed E-state index contributed by atoms with van der Waals surface area (Å²) < 4.78 is 11.0. The van der Waals surface area contributed by atoms with Gasteiger partial charge >= 0.3 is 0 Å². The first kappa shape index (κ1) is 16.0. The van der Waals surface area contributed by atoms with Crippen molar-refractivity contribution in [3.8, 4) is 11.5 Å². The zero-order valence-electron chi connectivity index (χ0n) is 12.1. The number of benzene rings is 1. The second-order valence-electron chi connectivity index (χ2n) is 4.40. The summed E-state index contributed by atoms with van der Waals surface area (Å²) in [5.41, 5.74) is 0.553. The molecule has 20 heavy (non-hydrogen) atoms. The van der Waals surface area contributed by atoms with Gasteiger partial charge in [-0.3, -0.25) is 10.1 Å². The molecule has 0 saturated carbocycles. The highest BCUT2D eigenvalue weighted by molar-refractivity contribution is 5.57. The lowest BCUT2D eigenvalue weighted by atomic mass is 10.1. The zero-order chi connectivity index (χ0) is 15.0. The zero-order valence-corrected chi connectivity index (χ0v) is 12.1. The van der Waals surface area contributed by atoms with Crippen molar-refractivity contribution < 1.29 is 14.4 Å². The van der Waals surface area contributed by atoms with Crippen LogP contribution < -0.4 is 9.47 Å². The molecule has 0 amide bonds. The monoisotopic (exact) mass is 279 g/mol. The van der Waals surface area contributed by atoms with Crippen LogP contribution in [0.2, 0.25) is 0 Å². The highest BCUT2D eigenvalue weighted by Gasteiger charge is 2.21. The van der Waals surface area contributed by atoms with E-state index in [1.54, 1.807) is 12.1 Å². The summed E-state index contributed by atoms with van der Waals surface area (Å²) in [6.45, 7) is 6.28. The topological polar surface area (TPSA) is 61.6 Å². The number of allylic oxidation sites excluding steroid dienone is 1. The van der Waals surface area contributed by atoms with Crippen LogP contribution in [0.25, 0.3) is 0 Å². The van der Waals surface area contributed by atoms with Crippen LogP contribution in [0.1, 0.15) is 31.7 Å². The van der Waals surface area contributed by atoms with E-state index >= 15 is 0 Å². The predicted octanol–water partition coefficient (Wildman–Crippen LogP) is 3.90. The van der Waals surface area contributed by atoms with Crippen molar-refractivity contribution in [2.24, 2.45) is 0 Å². The third-order valence-corrected chi connectivity index (χ3v) is 2.96. The van der Waals surface area contributed by atoms with Gasteiger partial charge in [-0.1, -0.05) is 25.8 Å². The molecular weight excluding hydrogens is 258 g/mol. The standard InChI is InChI=1S/C15H21NO4/c1-4-6-7-11-20-15-12(8-5-2)13(16(17)18)9-10-14(15)19-3/h5,9-10H,2,4,6-8,11H2,1,3H3. The summed E-state index contributed by atoms with van der Waals surface area (Å²) in [4.78, 5) is 10.7. The maximum absolute atomic E-state index is 11.1. The van der Waals surface area contributed by atoms with E-state index in [4.69, 9.17) is 9.47 Å². The van der Waals surface area contributed by atoms with E-state index in [1.807, 2.05) is 0 Å². The van der Waals surface area contributed by atoms with Gasteiger partial charge in [0, 0.05) is 12.5 Å². The van der Waals surface area contributed by atoms with E-state index in [0.29, 0.717) is 30.1 Å². The lowest BCUT2D eigenvalue weighted by molar-refractivity contribution is -0.385. The molecule has 0 unspecified atom stereocenters. The molecule has 0 aliphatic carbocycles. The van der Waals surface area contributed by atoms with E-state index in [0.717, 1.165) is 19.3 Å². The molecule has 0 spiro atoms. The second kappa shape index (κ2) is 8.19. The van der Waals surface area contributed by atoms with Gasteiger partial charge < -0.3 is 9.47 Å². The summed E-state index contributed by atoms with van der Waals surface area (Å²) in [6, 6.07) is 3.01. The third kappa shape index (κ3) is 3.98. The van der Waals surface area contributed by atoms with Crippen LogP contribution in [0.4, 0.5) is 5.69 Å². The van der Waals surface area contributed by atoms with Gasteiger partial charge in [0.2, 0.25) is 0 Å². The quantitative estimate of drug-likeness (QED) is 0.298. The fourth-order valence-electron chi connectivity index (χ4n) is 1.95. The number of hydrogen-bond acceptors (Lipinski definition) is 4. The first-order valence-corrected chi connectivity index (χ1v) is 6.73. The molecule has 110 valence electrons. The Labute approximate surface area is 119 Å². The van der Waals surface area contributed by atoms with Crippen molar-refractivity contribution in [1.82, 2.24) is 0 Å². The average molecular weight is 279 g/mol. The molecule has 0 fully saturated rings. The Balaban J connectivity index is 3.10. The van der Waals surface area contributed by atoms with Crippen LogP contribution in [0, 0.1) is 10.1 Å². The number of rotatable bonds is 9. The molecule has 0 bridgehead atoms. The summed E-state index contributed by atoms with van der Waals surface area (Å²) in [7, 11) is 1.53. The molecule has 1 aromatic rings. The molecule has 0 radical (unpaired) electrons. The van der Waals surface area contributed by atoms with E-state index in [2.05, 4.69) is 13.5 Å². The molecule has 0 atom stereocenters. The molecule has 1 rings (SSSR count). The Bertz CT molecular complexity index is 471. The van der Waals surface area contributed by atoms with Gasteiger partial charge in [0.05, 0.1) is 24.2 Å². The van der Waals surface area contributed by atoms with E-state index in [9.17, 15) is 10.1 Å². The molecule has 1 aromatic carbocycles. The number of unbranched alkanes of at least 4 members (excludes halogenated alkanes) is 2. The van der Waals surface area contributed by atoms with Gasteiger partial charge in [0.25, 0.3) is 5.69 Å². The first-order valence-electron chi connectivity index (χ1n) is 6.73. The minimum atomic E-state index is -0.406. The van der Waals surface area contributed by atoms with Gasteiger partial charge in [-0.2, -0.15) is 0 Å². The molecule has 0 aliphatic heterocycles. The van der Waals surface area contributed by atoms with Crippen LogP contribution in [-0.2, 0) is 6.42 Å². The van der Waals surface area contributed by atoms with Crippen molar-refractivity contribution in [3.63, 3.8) is 0 Å². The fourth-order valence-corrected chi connectivity index (χ4v) is 1.95. The largest absolute Gasteiger partial charge is 0.493 e. The number of nitro benzene ring substituents is 1. The molecule has 0 N–H and O–H groups in total. The normalized spacial score (nSPS) is 10.1. The van der Waals surface area contributed by atoms with Gasteiger partial charge in [0.15, 0.2) is 11.5 Å². The number of nitro groups is 1. The van der Waals surface area contributed by atoms with Gasteiger partial charge in [-0.15, -0.1) is 6.58 Å². The maximum atomic E-state index is 11.1. The van der Waals surface area contributed by atoms with Crippen molar-refractivity contribution in [3.05, 3.63) is 40.5 Å². The van der Waals surface area contributed by atoms with E-state index in [-0.39, 0.29) is 5.69 Å². The lowest BCUT2D eigenvalue weighted by Gasteiger charge is -2.14. The third-order valence-electron chi connectivity index (χ3n) is 2.96. The van der Waals surface area contributed by atoms with Crippen molar-refractivity contribution in [2.75, 3.05) is 13.7 Å². The molecule has 0 heterocycles. The van der Waals surface area contributed by atoms with Gasteiger partial charge in [0.1, 0.15) is 0 Å². The van der Waals surface area contributed by atoms with Crippen LogP contribution in [0.3, 0.4) is 0 Å². The molecule has 0 aromatic heterocycles. The van der Waals surface area contributed by atoms with Crippen LogP contribution >= 0.6 is 0 Å². The minimum absolute atomic E-state index is 0.0381. The number of methoxy groups -OCH3 is 1. The Hall–Kier alpha value is -2.04. The van der Waals surface area contributed by atoms with E-state index < -0.39 is 4.92 Å². The van der Waals surface area contributed by atoms with Crippen molar-refractivity contribution in [1.29, 1.82) is 0 Å². The Morgan fingerprint density at radius 3 is 2.70 bits per heavy atom. The van der Waals surface area contributed by atoms with Crippen molar-refractivity contribution in [2.45, 2.75) is 32.6 Å². The van der Waals surface area contributed by atoms with E-state index in [1.165, 1.54) is 13.2 Å². The molecule has 5 heteroatoms. The molecule has 0 saturated heterocycles. The van der Waals surface area contributed by atoms with Crippen LogP contribution in [0.15, 0.2) is 24.8 Å². The second-order valence-corrected chi connectivity index (χ2v) is 4.40. The fraction of sp³-hybridized carbons (Fsp3) is 0.467. The smallest absolute Gasteiger partial charge is 0.276 e. The molecular formula is C15H21NO4. The SMILES string of the molecule is C=CCc1c([N+](=O)[O-])ccc(OC)c1OCCCCC. The summed E-state index contributed by atoms with van der Waals surface area (Å²) >= 11 is 0. The number of ether oxygens (including phenoxy) is 2. The highest BCUT2D eigenvalue weighted by Crippen LogP contribution is 2.38. The summed E-state index contributed by atoms with van der Waals surface area (Å²) in [6.07, 6.45) is 5.07. The Kier molecular flexibility index (Phi) is 6.56. The Morgan fingerprint density at radius 2 is 2.15 bits per heavy atom. The van der Waals surface area contributed by atoms with Gasteiger partial charge in [-0.25, -0.2) is 0 Å². The molecule has 5 nitrogen and oxygen atoms in total. The predicted molar refractivity (Wildman–Crippen MR) is 78.6 cm³/mol. The van der Waals surface area contributed by atoms with Crippen molar-refractivity contribution >= 4 is 5.69 Å². The maximum Gasteiger partial charge on any atom is 0.276 e. The first-order chi connectivity index (χ1) is 9.65. The van der Waals surface area contributed by atoms with Gasteiger partial charge in [-0.05, 0) is 12.5 Å². The highest BCUT2D eigenvalue weighted by atomic mass is 16.6. The molecule has 0 aliphatic rings. The minimum Gasteiger partial charge on any atom is -0.493 e.